The van der Waals surface area contributed by atoms with Gasteiger partial charge >= 0.3 is 24.1 Å². The zero-order valence-corrected chi connectivity index (χ0v) is 22.9. The van der Waals surface area contributed by atoms with Gasteiger partial charge in [-0.25, -0.2) is 4.79 Å². The van der Waals surface area contributed by atoms with Crippen molar-refractivity contribution in [3.63, 3.8) is 0 Å². The lowest BCUT2D eigenvalue weighted by Gasteiger charge is -2.23. The molecule has 4 atom stereocenters. The predicted octanol–water partition coefficient (Wildman–Crippen LogP) is 4.49. The highest BCUT2D eigenvalue weighted by Crippen LogP contribution is 2.30. The van der Waals surface area contributed by atoms with Gasteiger partial charge in [0.15, 0.2) is 11.5 Å². The third kappa shape index (κ3) is 11.6. The standard InChI is InChI=1S/C27H41NO9/c1-8-10-24(29)36-22-13-12-20(15-23(22)37-25(30)11-9-2)14-21(28)26(31)33-18(6)19(7)35-27(32)34-17(5)16(3)4/h12-13,15-19,21H,8-11,14,28H2,1-7H3/t17?,18-,19-,21-/m0/s1. The maximum absolute atomic E-state index is 12.6. The normalized spacial score (nSPS) is 14.2. The molecule has 0 aliphatic carbocycles. The summed E-state index contributed by atoms with van der Waals surface area (Å²) in [4.78, 5) is 48.5. The Morgan fingerprint density at radius 3 is 1.81 bits per heavy atom. The van der Waals surface area contributed by atoms with E-state index in [2.05, 4.69) is 0 Å². The molecule has 1 unspecified atom stereocenters. The molecular formula is C27H41NO9. The molecule has 1 aromatic carbocycles. The van der Waals surface area contributed by atoms with E-state index in [0.717, 1.165) is 0 Å². The molecule has 0 radical (unpaired) electrons. The largest absolute Gasteiger partial charge is 0.508 e. The van der Waals surface area contributed by atoms with Crippen molar-refractivity contribution in [3.05, 3.63) is 23.8 Å². The maximum atomic E-state index is 12.6. The van der Waals surface area contributed by atoms with Crippen molar-refractivity contribution in [2.75, 3.05) is 0 Å². The molecule has 10 nitrogen and oxygen atoms in total. The number of hydrogen-bond donors (Lipinski definition) is 1. The van der Waals surface area contributed by atoms with E-state index in [-0.39, 0.29) is 42.8 Å². The van der Waals surface area contributed by atoms with E-state index in [9.17, 15) is 19.2 Å². The summed E-state index contributed by atoms with van der Waals surface area (Å²) in [6, 6.07) is 3.59. The molecule has 0 heterocycles. The van der Waals surface area contributed by atoms with Crippen LogP contribution in [0.15, 0.2) is 18.2 Å². The van der Waals surface area contributed by atoms with Crippen molar-refractivity contribution in [1.29, 1.82) is 0 Å². The number of carbonyl (C=O) groups is 4. The number of nitrogens with two attached hydrogens (primary N) is 1. The molecule has 0 aromatic heterocycles. The third-order valence-electron chi connectivity index (χ3n) is 5.59. The average molecular weight is 524 g/mol. The molecule has 0 saturated heterocycles. The van der Waals surface area contributed by atoms with Gasteiger partial charge in [0.2, 0.25) is 0 Å². The van der Waals surface area contributed by atoms with E-state index in [0.29, 0.717) is 18.4 Å². The fourth-order valence-electron chi connectivity index (χ4n) is 2.87. The molecule has 1 rings (SSSR count). The van der Waals surface area contributed by atoms with Gasteiger partial charge in [-0.05, 0) is 63.6 Å². The Bertz CT molecular complexity index is 915. The number of rotatable bonds is 14. The second kappa shape index (κ2) is 15.9. The first-order valence-electron chi connectivity index (χ1n) is 12.7. The van der Waals surface area contributed by atoms with Crippen LogP contribution in [0.1, 0.15) is 79.7 Å². The van der Waals surface area contributed by atoms with Crippen LogP contribution >= 0.6 is 0 Å². The van der Waals surface area contributed by atoms with Gasteiger partial charge in [-0.15, -0.1) is 0 Å². The summed E-state index contributed by atoms with van der Waals surface area (Å²) >= 11 is 0. The molecule has 2 N–H and O–H groups in total. The summed E-state index contributed by atoms with van der Waals surface area (Å²) in [6.07, 6.45) is -1.01. The summed E-state index contributed by atoms with van der Waals surface area (Å²) in [6.45, 7) is 12.4. The first-order chi connectivity index (χ1) is 17.4. The highest BCUT2D eigenvalue weighted by atomic mass is 16.7. The van der Waals surface area contributed by atoms with Gasteiger partial charge in [0, 0.05) is 12.8 Å². The van der Waals surface area contributed by atoms with Crippen molar-refractivity contribution < 1.29 is 42.9 Å². The van der Waals surface area contributed by atoms with Gasteiger partial charge in [-0.3, -0.25) is 14.4 Å². The minimum Gasteiger partial charge on any atom is -0.458 e. The molecule has 0 spiro atoms. The Morgan fingerprint density at radius 1 is 0.757 bits per heavy atom. The minimum absolute atomic E-state index is 0.0657. The van der Waals surface area contributed by atoms with E-state index in [1.165, 1.54) is 12.1 Å². The monoisotopic (exact) mass is 523 g/mol. The zero-order chi connectivity index (χ0) is 28.1. The van der Waals surface area contributed by atoms with Crippen molar-refractivity contribution in [1.82, 2.24) is 0 Å². The van der Waals surface area contributed by atoms with Crippen LogP contribution in [0.25, 0.3) is 0 Å². The first-order valence-corrected chi connectivity index (χ1v) is 12.7. The molecule has 0 aliphatic heterocycles. The van der Waals surface area contributed by atoms with Crippen LogP contribution in [-0.4, -0.2) is 48.4 Å². The molecule has 0 amide bonds. The molecule has 37 heavy (non-hydrogen) atoms. The van der Waals surface area contributed by atoms with E-state index >= 15 is 0 Å². The van der Waals surface area contributed by atoms with Crippen molar-refractivity contribution in [2.24, 2.45) is 11.7 Å². The molecular weight excluding hydrogens is 482 g/mol. The number of ether oxygens (including phenoxy) is 5. The van der Waals surface area contributed by atoms with Gasteiger partial charge in [-0.2, -0.15) is 0 Å². The van der Waals surface area contributed by atoms with Crippen LogP contribution in [0.3, 0.4) is 0 Å². The number of esters is 3. The zero-order valence-electron chi connectivity index (χ0n) is 22.9. The van der Waals surface area contributed by atoms with E-state index < -0.39 is 42.3 Å². The second-order valence-corrected chi connectivity index (χ2v) is 9.32. The summed E-state index contributed by atoms with van der Waals surface area (Å²) in [5.74, 6) is -1.30. The smallest absolute Gasteiger partial charge is 0.458 e. The molecule has 0 fully saturated rings. The van der Waals surface area contributed by atoms with Crippen LogP contribution in [0.4, 0.5) is 4.79 Å². The number of benzene rings is 1. The molecule has 0 saturated carbocycles. The highest BCUT2D eigenvalue weighted by molar-refractivity contribution is 5.77. The highest BCUT2D eigenvalue weighted by Gasteiger charge is 2.26. The summed E-state index contributed by atoms with van der Waals surface area (Å²) < 4.78 is 26.5. The summed E-state index contributed by atoms with van der Waals surface area (Å²) in [5, 5.41) is 0. The Hall–Kier alpha value is -3.14. The van der Waals surface area contributed by atoms with Crippen molar-refractivity contribution >= 4 is 24.1 Å². The van der Waals surface area contributed by atoms with E-state index in [4.69, 9.17) is 29.4 Å². The van der Waals surface area contributed by atoms with Gasteiger partial charge in [0.1, 0.15) is 24.4 Å². The topological polar surface area (TPSA) is 140 Å². The predicted molar refractivity (Wildman–Crippen MR) is 136 cm³/mol. The van der Waals surface area contributed by atoms with Crippen LogP contribution in [-0.2, 0) is 35.0 Å². The van der Waals surface area contributed by atoms with Gasteiger partial charge < -0.3 is 29.4 Å². The Morgan fingerprint density at radius 2 is 1.27 bits per heavy atom. The molecule has 1 aromatic rings. The molecule has 10 heteroatoms. The number of hydrogen-bond acceptors (Lipinski definition) is 10. The van der Waals surface area contributed by atoms with Gasteiger partial charge in [-0.1, -0.05) is 33.8 Å². The van der Waals surface area contributed by atoms with Crippen LogP contribution in [0.2, 0.25) is 0 Å². The lowest BCUT2D eigenvalue weighted by Crippen LogP contribution is -2.39. The minimum atomic E-state index is -1.05. The van der Waals surface area contributed by atoms with Crippen molar-refractivity contribution in [2.45, 2.75) is 105 Å². The van der Waals surface area contributed by atoms with Gasteiger partial charge in [0.25, 0.3) is 0 Å². The summed E-state index contributed by atoms with van der Waals surface area (Å²) in [7, 11) is 0. The fraction of sp³-hybridized carbons (Fsp3) is 0.630. The summed E-state index contributed by atoms with van der Waals surface area (Å²) in [5.41, 5.74) is 6.63. The van der Waals surface area contributed by atoms with Crippen LogP contribution < -0.4 is 15.2 Å². The van der Waals surface area contributed by atoms with Crippen molar-refractivity contribution in [3.8, 4) is 11.5 Å². The quantitative estimate of drug-likeness (QED) is 0.274. The Balaban J connectivity index is 2.82. The average Bonchev–Trinajstić information content (AvgIpc) is 2.80. The lowest BCUT2D eigenvalue weighted by molar-refractivity contribution is -0.156. The van der Waals surface area contributed by atoms with Gasteiger partial charge in [0.05, 0.1) is 0 Å². The number of carbonyl (C=O) groups excluding carboxylic acids is 4. The van der Waals surface area contributed by atoms with E-state index in [1.807, 2.05) is 27.7 Å². The third-order valence-corrected chi connectivity index (χ3v) is 5.59. The van der Waals surface area contributed by atoms with Crippen LogP contribution in [0.5, 0.6) is 11.5 Å². The maximum Gasteiger partial charge on any atom is 0.508 e. The molecule has 0 aliphatic rings. The first kappa shape index (κ1) is 31.9. The Kier molecular flexibility index (Phi) is 13.7. The lowest BCUT2D eigenvalue weighted by atomic mass is 10.1. The Labute approximate surface area is 219 Å². The SMILES string of the molecule is CCCC(=O)Oc1ccc(C[C@H](N)C(=O)O[C@@H](C)[C@H](C)OC(=O)OC(C)C(C)C)cc1OC(=O)CCC. The van der Waals surface area contributed by atoms with Crippen LogP contribution in [0, 0.1) is 5.92 Å². The second-order valence-electron chi connectivity index (χ2n) is 9.32. The van der Waals surface area contributed by atoms with E-state index in [1.54, 1.807) is 26.8 Å². The fourth-order valence-corrected chi connectivity index (χ4v) is 2.87. The molecule has 0 bridgehead atoms. The molecule has 208 valence electrons.